The second-order valence-electron chi connectivity index (χ2n) is 0.859. The summed E-state index contributed by atoms with van der Waals surface area (Å²) in [7, 11) is 4.89. The highest BCUT2D eigenvalue weighted by atomic mass is 14.4. The summed E-state index contributed by atoms with van der Waals surface area (Å²) in [5, 5.41) is 0. The van der Waals surface area contributed by atoms with Crippen molar-refractivity contribution < 1.29 is 0 Å². The van der Waals surface area contributed by atoms with Crippen LogP contribution in [0.25, 0.3) is 0 Å². The van der Waals surface area contributed by atoms with Crippen molar-refractivity contribution in [3.8, 4) is 0 Å². The number of nitrogens with two attached hydrogens (primary N) is 1. The second kappa shape index (κ2) is 1.41. The van der Waals surface area contributed by atoms with Crippen molar-refractivity contribution in [1.29, 1.82) is 0 Å². The predicted molar refractivity (Wildman–Crippen MR) is 21.6 cm³/mol. The highest BCUT2D eigenvalue weighted by Crippen LogP contribution is 1.42. The monoisotopic (exact) mass is 53.1 g/mol. The zero-order valence-electron chi connectivity index (χ0n) is 2.73. The van der Waals surface area contributed by atoms with Crippen LogP contribution in [0.4, 0.5) is 0 Å². The van der Waals surface area contributed by atoms with Gasteiger partial charge in [-0.25, -0.2) is 0 Å². The molecule has 0 aliphatic rings. The normalized spacial score (nSPS) is 6.50. The molecule has 0 aromatic carbocycles. The fourth-order valence-electron chi connectivity index (χ4n) is 0. The van der Waals surface area contributed by atoms with Gasteiger partial charge >= 0.3 is 0 Å². The van der Waals surface area contributed by atoms with Crippen LogP contribution in [0.1, 0.15) is 0 Å². The van der Waals surface area contributed by atoms with E-state index in [-0.39, 0.29) is 6.74 Å². The van der Waals surface area contributed by atoms with E-state index in [4.69, 9.17) is 13.4 Å². The molecule has 0 saturated carbocycles. The van der Waals surface area contributed by atoms with Gasteiger partial charge in [-0.05, 0) is 0 Å². The first-order chi connectivity index (χ1) is 1.73. The van der Waals surface area contributed by atoms with E-state index in [2.05, 4.69) is 0 Å². The zero-order valence-corrected chi connectivity index (χ0v) is 2.73. The van der Waals surface area contributed by atoms with Gasteiger partial charge in [0, 0.05) is 7.74 Å². The fourth-order valence-corrected chi connectivity index (χ4v) is 0. The highest BCUT2D eigenvalue weighted by Gasteiger charge is 1.76. The van der Waals surface area contributed by atoms with Gasteiger partial charge in [0.25, 0.3) is 0 Å². The minimum atomic E-state index is -0.167. The lowest BCUT2D eigenvalue weighted by Gasteiger charge is -1.74. The minimum Gasteiger partial charge on any atom is -0.377 e. The molecule has 0 unspecified atom stereocenters. The molecule has 2 radical (unpaired) electrons. The Morgan fingerprint density at radius 1 is 2.00 bits per heavy atom. The van der Waals surface area contributed by atoms with Gasteiger partial charge in [-0.1, -0.05) is 6.82 Å². The van der Waals surface area contributed by atoms with Gasteiger partial charge in [0.2, 0.25) is 0 Å². The minimum absolute atomic E-state index is 0.167. The summed E-state index contributed by atoms with van der Waals surface area (Å²) in [5.41, 5.74) is 4.89. The SMILES string of the molecule is [B]B(C)N. The third kappa shape index (κ3) is 307. The van der Waals surface area contributed by atoms with Crippen molar-refractivity contribution in [1.82, 2.24) is 0 Å². The second-order valence-corrected chi connectivity index (χ2v) is 0.859. The van der Waals surface area contributed by atoms with Crippen LogP contribution < -0.4 is 5.64 Å². The molecule has 2 N–H and O–H groups in total. The maximum atomic E-state index is 4.89. The van der Waals surface area contributed by atoms with Crippen molar-refractivity contribution in [2.24, 2.45) is 5.64 Å². The largest absolute Gasteiger partial charge is 0.377 e. The van der Waals surface area contributed by atoms with Crippen LogP contribution in [0.5, 0.6) is 0 Å². The molecule has 0 atom stereocenters. The van der Waals surface area contributed by atoms with Gasteiger partial charge in [0.1, 0.15) is 0 Å². The summed E-state index contributed by atoms with van der Waals surface area (Å²) < 4.78 is 0. The lowest BCUT2D eigenvalue weighted by atomic mass is 9.46. The topological polar surface area (TPSA) is 26.0 Å². The van der Waals surface area contributed by atoms with Gasteiger partial charge in [0.05, 0.1) is 0 Å². The number of hydrogen-bond acceptors (Lipinski definition) is 1. The summed E-state index contributed by atoms with van der Waals surface area (Å²) in [6.45, 7) is 1.56. The first kappa shape index (κ1) is 4.09. The predicted octanol–water partition coefficient (Wildman–Crippen LogP) is -0.768. The smallest absolute Gasteiger partial charge is 0.159 e. The van der Waals surface area contributed by atoms with Gasteiger partial charge in [-0.15, -0.1) is 0 Å². The van der Waals surface area contributed by atoms with E-state index in [1.54, 1.807) is 6.82 Å². The maximum absolute atomic E-state index is 4.89. The Hall–Kier alpha value is 0.0899. The van der Waals surface area contributed by atoms with Crippen molar-refractivity contribution in [3.05, 3.63) is 0 Å². The van der Waals surface area contributed by atoms with Crippen molar-refractivity contribution in [2.75, 3.05) is 0 Å². The van der Waals surface area contributed by atoms with Gasteiger partial charge < -0.3 is 5.64 Å². The number of hydrogen-bond donors (Lipinski definition) is 1. The number of rotatable bonds is 0. The molecular weight excluding hydrogens is 47.6 g/mol. The molecule has 0 aliphatic heterocycles. The molecule has 0 amide bonds. The average molecular weight is 52.7 g/mol. The lowest BCUT2D eigenvalue weighted by molar-refractivity contribution is 1.85. The standard InChI is InChI=1S/CH5B2N/c1-3(2)4/h4H2,1H3. The molecule has 0 spiro atoms. The Morgan fingerprint density at radius 2 is 2.00 bits per heavy atom. The van der Waals surface area contributed by atoms with Crippen LogP contribution in [0.15, 0.2) is 0 Å². The molecule has 0 heterocycles. The van der Waals surface area contributed by atoms with Crippen molar-refractivity contribution in [3.63, 3.8) is 0 Å². The third-order valence-corrected chi connectivity index (χ3v) is 0. The van der Waals surface area contributed by atoms with Crippen LogP contribution in [0.3, 0.4) is 0 Å². The Balaban J connectivity index is 2.32. The average Bonchev–Trinajstić information content (AvgIpc) is 0.811. The van der Waals surface area contributed by atoms with Crippen molar-refractivity contribution >= 4 is 14.5 Å². The maximum Gasteiger partial charge on any atom is 0.159 e. The molecule has 0 saturated heterocycles. The molecule has 3 heteroatoms. The Labute approximate surface area is 28.1 Å². The first-order valence-corrected chi connectivity index (χ1v) is 1.24. The summed E-state index contributed by atoms with van der Waals surface area (Å²) in [5.74, 6) is 0. The molecular formula is CH5B2N. The van der Waals surface area contributed by atoms with E-state index in [9.17, 15) is 0 Å². The first-order valence-electron chi connectivity index (χ1n) is 1.24. The summed E-state index contributed by atoms with van der Waals surface area (Å²) in [6, 6.07) is 0. The van der Waals surface area contributed by atoms with Gasteiger partial charge in [-0.3, -0.25) is 0 Å². The molecule has 1 nitrogen and oxygen atoms in total. The lowest BCUT2D eigenvalue weighted by Crippen LogP contribution is -2.20. The van der Waals surface area contributed by atoms with E-state index in [1.165, 1.54) is 0 Å². The van der Waals surface area contributed by atoms with Crippen LogP contribution in [0.2, 0.25) is 6.82 Å². The molecule has 20 valence electrons. The fraction of sp³-hybridized carbons (Fsp3) is 1.00. The molecule has 4 heavy (non-hydrogen) atoms. The highest BCUT2D eigenvalue weighted by molar-refractivity contribution is 7.00. The van der Waals surface area contributed by atoms with Crippen LogP contribution in [0, 0.1) is 0 Å². The summed E-state index contributed by atoms with van der Waals surface area (Å²) in [4.78, 5) is 0. The zero-order chi connectivity index (χ0) is 3.58. The molecule has 0 aromatic heterocycles. The molecule has 0 aliphatic carbocycles. The van der Waals surface area contributed by atoms with E-state index < -0.39 is 0 Å². The van der Waals surface area contributed by atoms with E-state index in [0.29, 0.717) is 0 Å². The van der Waals surface area contributed by atoms with E-state index in [0.717, 1.165) is 0 Å². The Kier molecular flexibility index (Phi) is 1.45. The molecule has 0 fully saturated rings. The summed E-state index contributed by atoms with van der Waals surface area (Å²) in [6.07, 6.45) is 0. The molecule has 0 bridgehead atoms. The van der Waals surface area contributed by atoms with E-state index >= 15 is 0 Å². The molecule has 0 aromatic rings. The quantitative estimate of drug-likeness (QED) is 0.360. The van der Waals surface area contributed by atoms with Crippen molar-refractivity contribution in [2.45, 2.75) is 6.82 Å². The van der Waals surface area contributed by atoms with Crippen LogP contribution in [-0.2, 0) is 0 Å². The third-order valence-electron chi connectivity index (χ3n) is 0. The summed E-state index contributed by atoms with van der Waals surface area (Å²) >= 11 is 0. The van der Waals surface area contributed by atoms with Crippen LogP contribution >= 0.6 is 0 Å². The van der Waals surface area contributed by atoms with E-state index in [1.807, 2.05) is 0 Å². The molecule has 0 rings (SSSR count). The van der Waals surface area contributed by atoms with Gasteiger partial charge in [0.15, 0.2) is 6.74 Å². The van der Waals surface area contributed by atoms with Gasteiger partial charge in [-0.2, -0.15) is 0 Å². The Bertz CT molecular complexity index is 10.8. The van der Waals surface area contributed by atoms with Crippen LogP contribution in [-0.4, -0.2) is 14.5 Å². The Morgan fingerprint density at radius 3 is 2.00 bits per heavy atom.